The monoisotopic (exact) mass is 326 g/mol. The molecule has 0 amide bonds. The minimum Gasteiger partial charge on any atom is -0.370 e. The zero-order valence-corrected chi connectivity index (χ0v) is 15.1. The van der Waals surface area contributed by atoms with Gasteiger partial charge in [0, 0.05) is 43.2 Å². The molecule has 2 heterocycles. The van der Waals surface area contributed by atoms with Crippen LogP contribution in [0.5, 0.6) is 0 Å². The van der Waals surface area contributed by atoms with Gasteiger partial charge in [-0.2, -0.15) is 0 Å². The van der Waals surface area contributed by atoms with Gasteiger partial charge in [0.1, 0.15) is 5.78 Å². The Morgan fingerprint density at radius 3 is 2.67 bits per heavy atom. The first-order valence-electron chi connectivity index (χ1n) is 9.75. The van der Waals surface area contributed by atoms with Gasteiger partial charge in [0.2, 0.25) is 0 Å². The van der Waals surface area contributed by atoms with E-state index in [9.17, 15) is 4.79 Å². The Hall–Kier alpha value is -1.35. The quantitative estimate of drug-likeness (QED) is 0.826. The first-order chi connectivity index (χ1) is 11.6. The van der Waals surface area contributed by atoms with Crippen molar-refractivity contribution in [3.8, 4) is 0 Å². The van der Waals surface area contributed by atoms with Crippen LogP contribution in [0.2, 0.25) is 0 Å². The van der Waals surface area contributed by atoms with Gasteiger partial charge >= 0.3 is 0 Å². The molecule has 1 saturated carbocycles. The molecule has 24 heavy (non-hydrogen) atoms. The molecule has 4 rings (SSSR count). The van der Waals surface area contributed by atoms with Crippen molar-refractivity contribution >= 4 is 11.5 Å². The van der Waals surface area contributed by atoms with Crippen molar-refractivity contribution in [1.82, 2.24) is 4.90 Å². The molecule has 3 heteroatoms. The number of benzene rings is 1. The summed E-state index contributed by atoms with van der Waals surface area (Å²) in [5.41, 5.74) is 3.88. The molecule has 0 spiro atoms. The van der Waals surface area contributed by atoms with Crippen molar-refractivity contribution in [2.24, 2.45) is 5.92 Å². The minimum absolute atomic E-state index is 0.367. The van der Waals surface area contributed by atoms with Crippen molar-refractivity contribution < 1.29 is 4.79 Å². The van der Waals surface area contributed by atoms with Crippen molar-refractivity contribution in [3.05, 3.63) is 29.3 Å². The minimum atomic E-state index is 0.367. The summed E-state index contributed by atoms with van der Waals surface area (Å²) in [6.45, 7) is 8.18. The Morgan fingerprint density at radius 1 is 1.17 bits per heavy atom. The molecule has 2 saturated heterocycles. The number of hydrogen-bond donors (Lipinski definition) is 0. The molecule has 130 valence electrons. The fourth-order valence-electron chi connectivity index (χ4n) is 4.66. The van der Waals surface area contributed by atoms with Crippen molar-refractivity contribution in [2.75, 3.05) is 24.5 Å². The SMILES string of the molecule is Cc1cc(CC(=O)C2CC2)ccc1N1CCC(N2CCCC2C)C1. The number of likely N-dealkylation sites (tertiary alicyclic amines) is 1. The van der Waals surface area contributed by atoms with Crippen LogP contribution in [0.4, 0.5) is 5.69 Å². The van der Waals surface area contributed by atoms with E-state index in [1.807, 2.05) is 0 Å². The molecular weight excluding hydrogens is 296 g/mol. The topological polar surface area (TPSA) is 23.6 Å². The van der Waals surface area contributed by atoms with E-state index >= 15 is 0 Å². The number of hydrogen-bond acceptors (Lipinski definition) is 3. The fraction of sp³-hybridized carbons (Fsp3) is 0.667. The summed E-state index contributed by atoms with van der Waals surface area (Å²) in [6, 6.07) is 8.14. The van der Waals surface area contributed by atoms with Gasteiger partial charge in [-0.25, -0.2) is 0 Å². The summed E-state index contributed by atoms with van der Waals surface area (Å²) >= 11 is 0. The lowest BCUT2D eigenvalue weighted by molar-refractivity contribution is -0.119. The van der Waals surface area contributed by atoms with Crippen LogP contribution in [-0.4, -0.2) is 42.4 Å². The van der Waals surface area contributed by atoms with Gasteiger partial charge < -0.3 is 4.90 Å². The lowest BCUT2D eigenvalue weighted by Crippen LogP contribution is -2.39. The molecule has 3 nitrogen and oxygen atoms in total. The zero-order valence-electron chi connectivity index (χ0n) is 15.1. The second kappa shape index (κ2) is 6.51. The van der Waals surface area contributed by atoms with Crippen LogP contribution in [0.1, 0.15) is 50.2 Å². The van der Waals surface area contributed by atoms with Crippen LogP contribution in [0.15, 0.2) is 18.2 Å². The lowest BCUT2D eigenvalue weighted by atomic mass is 10.0. The molecule has 0 aromatic heterocycles. The molecular formula is C21H30N2O. The highest BCUT2D eigenvalue weighted by Gasteiger charge is 2.33. The van der Waals surface area contributed by atoms with Gasteiger partial charge in [-0.3, -0.25) is 9.69 Å². The number of aryl methyl sites for hydroxylation is 1. The van der Waals surface area contributed by atoms with Gasteiger partial charge in [-0.05, 0) is 69.7 Å². The normalized spacial score (nSPS) is 27.8. The van der Waals surface area contributed by atoms with Crippen LogP contribution < -0.4 is 4.90 Å². The summed E-state index contributed by atoms with van der Waals surface area (Å²) in [6.07, 6.45) is 6.85. The number of nitrogens with zero attached hydrogens (tertiary/aromatic N) is 2. The van der Waals surface area contributed by atoms with Gasteiger partial charge in [0.25, 0.3) is 0 Å². The summed E-state index contributed by atoms with van der Waals surface area (Å²) in [4.78, 5) is 17.3. The Balaban J connectivity index is 1.41. The van der Waals surface area contributed by atoms with E-state index in [2.05, 4.69) is 41.8 Å². The van der Waals surface area contributed by atoms with E-state index in [0.717, 1.165) is 38.0 Å². The summed E-state index contributed by atoms with van der Waals surface area (Å²) in [5, 5.41) is 0. The molecule has 3 aliphatic rings. The molecule has 1 aromatic carbocycles. The number of Topliss-reactive ketones (excluding diaryl/α,β-unsaturated/α-hetero) is 1. The fourth-order valence-corrected chi connectivity index (χ4v) is 4.66. The van der Waals surface area contributed by atoms with Crippen molar-refractivity contribution in [3.63, 3.8) is 0 Å². The molecule has 2 unspecified atom stereocenters. The van der Waals surface area contributed by atoms with Crippen LogP contribution in [0.3, 0.4) is 0 Å². The smallest absolute Gasteiger partial charge is 0.140 e. The predicted molar refractivity (Wildman–Crippen MR) is 98.6 cm³/mol. The lowest BCUT2D eigenvalue weighted by Gasteiger charge is -2.29. The maximum Gasteiger partial charge on any atom is 0.140 e. The van der Waals surface area contributed by atoms with Crippen LogP contribution in [-0.2, 0) is 11.2 Å². The van der Waals surface area contributed by atoms with E-state index < -0.39 is 0 Å². The predicted octanol–water partition coefficient (Wildman–Crippen LogP) is 3.58. The summed E-state index contributed by atoms with van der Waals surface area (Å²) < 4.78 is 0. The number of rotatable bonds is 5. The van der Waals surface area contributed by atoms with Gasteiger partial charge in [-0.15, -0.1) is 0 Å². The first kappa shape index (κ1) is 16.1. The Bertz CT molecular complexity index is 622. The molecule has 1 aromatic rings. The second-order valence-corrected chi connectivity index (χ2v) is 8.16. The molecule has 3 fully saturated rings. The maximum absolute atomic E-state index is 12.0. The van der Waals surface area contributed by atoms with E-state index in [4.69, 9.17) is 0 Å². The molecule has 1 aliphatic carbocycles. The average molecular weight is 326 g/mol. The molecule has 2 aliphatic heterocycles. The van der Waals surface area contributed by atoms with Crippen molar-refractivity contribution in [1.29, 1.82) is 0 Å². The zero-order chi connectivity index (χ0) is 16.7. The summed E-state index contributed by atoms with van der Waals surface area (Å²) in [7, 11) is 0. The summed E-state index contributed by atoms with van der Waals surface area (Å²) in [5.74, 6) is 0.804. The number of anilines is 1. The van der Waals surface area contributed by atoms with Crippen molar-refractivity contribution in [2.45, 2.75) is 64.5 Å². The molecule has 2 atom stereocenters. The second-order valence-electron chi connectivity index (χ2n) is 8.16. The third-order valence-electron chi connectivity index (χ3n) is 6.25. The van der Waals surface area contributed by atoms with E-state index in [0.29, 0.717) is 18.1 Å². The van der Waals surface area contributed by atoms with Crippen LogP contribution in [0.25, 0.3) is 0 Å². The Labute approximate surface area is 146 Å². The van der Waals surface area contributed by atoms with Gasteiger partial charge in [-0.1, -0.05) is 12.1 Å². The number of ketones is 1. The Morgan fingerprint density at radius 2 is 2.00 bits per heavy atom. The molecule has 0 radical (unpaired) electrons. The standard InChI is InChI=1S/C21H30N2O/c1-15-12-17(13-21(24)18-6-7-18)5-8-20(15)22-11-9-19(14-22)23-10-3-4-16(23)2/h5,8,12,16,18-19H,3-4,6-7,9-11,13-14H2,1-2H3. The highest BCUT2D eigenvalue weighted by molar-refractivity contribution is 5.85. The van der Waals surface area contributed by atoms with Gasteiger partial charge in [0.05, 0.1) is 0 Å². The Kier molecular flexibility index (Phi) is 4.38. The first-order valence-corrected chi connectivity index (χ1v) is 9.75. The van der Waals surface area contributed by atoms with Crippen LogP contribution in [0, 0.1) is 12.8 Å². The largest absolute Gasteiger partial charge is 0.370 e. The number of carbonyl (C=O) groups excluding carboxylic acids is 1. The third-order valence-corrected chi connectivity index (χ3v) is 6.25. The molecule has 0 bridgehead atoms. The van der Waals surface area contributed by atoms with E-state index in [1.165, 1.54) is 42.6 Å². The van der Waals surface area contributed by atoms with E-state index in [-0.39, 0.29) is 0 Å². The number of carbonyl (C=O) groups is 1. The maximum atomic E-state index is 12.0. The third kappa shape index (κ3) is 3.23. The van der Waals surface area contributed by atoms with Crippen LogP contribution >= 0.6 is 0 Å². The van der Waals surface area contributed by atoms with Gasteiger partial charge in [0.15, 0.2) is 0 Å². The average Bonchev–Trinajstić information content (AvgIpc) is 3.16. The van der Waals surface area contributed by atoms with E-state index in [1.54, 1.807) is 0 Å². The molecule has 0 N–H and O–H groups in total. The highest BCUT2D eigenvalue weighted by Crippen LogP contribution is 2.33. The highest BCUT2D eigenvalue weighted by atomic mass is 16.1.